The molecule has 0 unspecified atom stereocenters. The second-order valence-electron chi connectivity index (χ2n) is 7.64. The average Bonchev–Trinajstić information content (AvgIpc) is 2.68. The molecule has 3 rings (SSSR count). The lowest BCUT2D eigenvalue weighted by atomic mass is 10.0. The van der Waals surface area contributed by atoms with Crippen molar-refractivity contribution in [3.05, 3.63) is 35.8 Å². The van der Waals surface area contributed by atoms with Gasteiger partial charge in [-0.05, 0) is 52.1 Å². The molecular weight excluding hydrogens is 391 g/mol. The van der Waals surface area contributed by atoms with Gasteiger partial charge in [0.25, 0.3) is 12.9 Å². The van der Waals surface area contributed by atoms with E-state index in [0.717, 1.165) is 55.0 Å². The first-order valence-electron chi connectivity index (χ1n) is 9.58. The summed E-state index contributed by atoms with van der Waals surface area (Å²) in [6.07, 6.45) is 0. The molecule has 8 nitrogen and oxygen atoms in total. The van der Waals surface area contributed by atoms with Gasteiger partial charge in [-0.15, -0.1) is 0 Å². The number of hydrogen-bond acceptors (Lipinski definition) is 6. The van der Waals surface area contributed by atoms with Crippen LogP contribution >= 0.6 is 0 Å². The molecular formula is C21H31FN4O4. The van der Waals surface area contributed by atoms with E-state index in [9.17, 15) is 4.39 Å². The van der Waals surface area contributed by atoms with Crippen molar-refractivity contribution in [3.63, 3.8) is 0 Å². The third kappa shape index (κ3) is 7.57. The SMILES string of the molecule is Cc1cc(NCC(C)(C)N2CCN(C)CC2)c2cc(F)ccc2n1.O=CO.O=CO. The maximum absolute atomic E-state index is 13.7. The molecule has 2 aromatic rings. The Kier molecular flexibility index (Phi) is 10.1. The Bertz CT molecular complexity index is 818. The van der Waals surface area contributed by atoms with E-state index < -0.39 is 0 Å². The van der Waals surface area contributed by atoms with Crippen LogP contribution in [0.15, 0.2) is 24.3 Å². The lowest BCUT2D eigenvalue weighted by Gasteiger charge is -2.43. The minimum absolute atomic E-state index is 0.0398. The Morgan fingerprint density at radius 1 is 1.13 bits per heavy atom. The van der Waals surface area contributed by atoms with Crippen LogP contribution in [0, 0.1) is 12.7 Å². The predicted octanol–water partition coefficient (Wildman–Crippen LogP) is 2.52. The fourth-order valence-corrected chi connectivity index (χ4v) is 3.31. The second-order valence-corrected chi connectivity index (χ2v) is 7.64. The summed E-state index contributed by atoms with van der Waals surface area (Å²) in [5.74, 6) is -0.227. The third-order valence-corrected chi connectivity index (χ3v) is 4.97. The smallest absolute Gasteiger partial charge is 0.290 e. The van der Waals surface area contributed by atoms with Gasteiger partial charge in [-0.2, -0.15) is 0 Å². The number of pyridine rings is 1. The van der Waals surface area contributed by atoms with Gasteiger partial charge >= 0.3 is 0 Å². The molecule has 9 heteroatoms. The average molecular weight is 423 g/mol. The van der Waals surface area contributed by atoms with Gasteiger partial charge in [0.05, 0.1) is 5.52 Å². The lowest BCUT2D eigenvalue weighted by Crippen LogP contribution is -2.56. The van der Waals surface area contributed by atoms with E-state index in [1.54, 1.807) is 12.1 Å². The van der Waals surface area contributed by atoms with E-state index in [1.807, 2.05) is 13.0 Å². The monoisotopic (exact) mass is 422 g/mol. The van der Waals surface area contributed by atoms with Crippen LogP contribution in [0.2, 0.25) is 0 Å². The molecule has 2 heterocycles. The van der Waals surface area contributed by atoms with E-state index in [2.05, 4.69) is 41.0 Å². The van der Waals surface area contributed by atoms with Crippen LogP contribution in [0.3, 0.4) is 0 Å². The highest BCUT2D eigenvalue weighted by atomic mass is 19.1. The van der Waals surface area contributed by atoms with Gasteiger partial charge in [-0.3, -0.25) is 19.5 Å². The largest absolute Gasteiger partial charge is 0.483 e. The van der Waals surface area contributed by atoms with E-state index in [0.29, 0.717) is 0 Å². The van der Waals surface area contributed by atoms with Crippen LogP contribution in [-0.2, 0) is 9.59 Å². The number of nitrogens with one attached hydrogen (secondary N) is 1. The summed E-state index contributed by atoms with van der Waals surface area (Å²) in [6, 6.07) is 6.77. The van der Waals surface area contributed by atoms with E-state index in [4.69, 9.17) is 19.8 Å². The minimum Gasteiger partial charge on any atom is -0.483 e. The zero-order valence-corrected chi connectivity index (χ0v) is 17.9. The number of halogens is 1. The highest BCUT2D eigenvalue weighted by molar-refractivity contribution is 5.91. The minimum atomic E-state index is -0.250. The molecule has 1 aliphatic heterocycles. The molecule has 3 N–H and O–H groups in total. The molecule has 166 valence electrons. The van der Waals surface area contributed by atoms with Crippen LogP contribution < -0.4 is 5.32 Å². The molecule has 30 heavy (non-hydrogen) atoms. The van der Waals surface area contributed by atoms with Crippen molar-refractivity contribution in [1.82, 2.24) is 14.8 Å². The van der Waals surface area contributed by atoms with Crippen LogP contribution in [0.4, 0.5) is 10.1 Å². The highest BCUT2D eigenvalue weighted by Gasteiger charge is 2.29. The fraction of sp³-hybridized carbons (Fsp3) is 0.476. The van der Waals surface area contributed by atoms with Crippen molar-refractivity contribution in [3.8, 4) is 0 Å². The summed E-state index contributed by atoms with van der Waals surface area (Å²) >= 11 is 0. The molecule has 1 aromatic carbocycles. The number of likely N-dealkylation sites (N-methyl/N-ethyl adjacent to an activating group) is 1. The summed E-state index contributed by atoms with van der Waals surface area (Å²) in [7, 11) is 2.17. The quantitative estimate of drug-likeness (QED) is 0.646. The summed E-state index contributed by atoms with van der Waals surface area (Å²) in [6.45, 7) is 11.2. The van der Waals surface area contributed by atoms with Crippen molar-refractivity contribution in [1.29, 1.82) is 0 Å². The van der Waals surface area contributed by atoms with Gasteiger partial charge in [0.1, 0.15) is 5.82 Å². The standard InChI is InChI=1S/C19H27FN4.2CH2O2/c1-14-11-18(16-12-15(20)5-6-17(16)22-14)21-13-19(2,3)24-9-7-23(4)8-10-24;2*2-1-3/h5-6,11-12H,7-10,13H2,1-4H3,(H,21,22);2*1H,(H,2,3). The van der Waals surface area contributed by atoms with Gasteiger partial charge in [0.2, 0.25) is 0 Å². The molecule has 1 saturated heterocycles. The number of aromatic nitrogens is 1. The predicted molar refractivity (Wildman–Crippen MR) is 115 cm³/mol. The molecule has 0 aliphatic carbocycles. The Morgan fingerprint density at radius 3 is 2.27 bits per heavy atom. The van der Waals surface area contributed by atoms with Gasteiger partial charge in [-0.1, -0.05) is 0 Å². The number of carboxylic acid groups (broad SMARTS) is 2. The number of piperazine rings is 1. The molecule has 0 saturated carbocycles. The van der Waals surface area contributed by atoms with Gasteiger partial charge in [0, 0.05) is 55.0 Å². The van der Waals surface area contributed by atoms with Crippen molar-refractivity contribution in [2.45, 2.75) is 26.3 Å². The van der Waals surface area contributed by atoms with Crippen LogP contribution in [0.1, 0.15) is 19.5 Å². The fourth-order valence-electron chi connectivity index (χ4n) is 3.31. The number of rotatable bonds is 4. The first-order valence-corrected chi connectivity index (χ1v) is 9.58. The van der Waals surface area contributed by atoms with Gasteiger partial charge < -0.3 is 20.4 Å². The van der Waals surface area contributed by atoms with Crippen molar-refractivity contribution < 1.29 is 24.2 Å². The van der Waals surface area contributed by atoms with E-state index in [1.165, 1.54) is 6.07 Å². The summed E-state index contributed by atoms with van der Waals surface area (Å²) in [5.41, 5.74) is 2.77. The molecule has 0 radical (unpaired) electrons. The Balaban J connectivity index is 0.000000672. The Labute approximate surface area is 176 Å². The number of nitrogens with zero attached hydrogens (tertiary/aromatic N) is 3. The zero-order chi connectivity index (χ0) is 22.7. The number of aryl methyl sites for hydroxylation is 1. The second kappa shape index (κ2) is 12.0. The van der Waals surface area contributed by atoms with Crippen LogP contribution in [-0.4, -0.2) is 83.3 Å². The maximum atomic E-state index is 13.7. The molecule has 1 fully saturated rings. The van der Waals surface area contributed by atoms with Crippen molar-refractivity contribution in [2.24, 2.45) is 0 Å². The van der Waals surface area contributed by atoms with E-state index >= 15 is 0 Å². The van der Waals surface area contributed by atoms with Crippen LogP contribution in [0.5, 0.6) is 0 Å². The maximum Gasteiger partial charge on any atom is 0.290 e. The topological polar surface area (TPSA) is 106 Å². The molecule has 1 aromatic heterocycles. The highest BCUT2D eigenvalue weighted by Crippen LogP contribution is 2.26. The number of hydrogen-bond donors (Lipinski definition) is 3. The lowest BCUT2D eigenvalue weighted by molar-refractivity contribution is -0.123. The zero-order valence-electron chi connectivity index (χ0n) is 17.9. The van der Waals surface area contributed by atoms with Gasteiger partial charge in [-0.25, -0.2) is 4.39 Å². The van der Waals surface area contributed by atoms with E-state index in [-0.39, 0.29) is 24.3 Å². The Hall–Kier alpha value is -2.78. The van der Waals surface area contributed by atoms with Crippen molar-refractivity contribution >= 4 is 29.5 Å². The molecule has 1 aliphatic rings. The summed E-state index contributed by atoms with van der Waals surface area (Å²) in [5, 5.41) is 18.2. The normalized spacial score (nSPS) is 14.7. The summed E-state index contributed by atoms with van der Waals surface area (Å²) < 4.78 is 13.7. The molecule has 0 spiro atoms. The van der Waals surface area contributed by atoms with Gasteiger partial charge in [0.15, 0.2) is 0 Å². The Morgan fingerprint density at radius 2 is 1.70 bits per heavy atom. The molecule has 0 bridgehead atoms. The summed E-state index contributed by atoms with van der Waals surface area (Å²) in [4.78, 5) is 26.1. The number of carbonyl (C=O) groups is 2. The number of benzene rings is 1. The first kappa shape index (κ1) is 25.3. The molecule has 0 amide bonds. The van der Waals surface area contributed by atoms with Crippen molar-refractivity contribution in [2.75, 3.05) is 45.1 Å². The van der Waals surface area contributed by atoms with Crippen LogP contribution in [0.25, 0.3) is 10.9 Å². The third-order valence-electron chi connectivity index (χ3n) is 4.97. The number of anilines is 1. The number of fused-ring (bicyclic) bond motifs is 1. The molecule has 0 atom stereocenters. The first-order chi connectivity index (χ1) is 14.2.